The molecule has 1 aromatic carbocycles. The van der Waals surface area contributed by atoms with Crippen molar-refractivity contribution in [3.05, 3.63) is 29.3 Å². The van der Waals surface area contributed by atoms with Gasteiger partial charge in [-0.15, -0.1) is 0 Å². The number of hydrogen-bond acceptors (Lipinski definition) is 2. The fourth-order valence-electron chi connectivity index (χ4n) is 1.50. The number of nitrogens with one attached hydrogen (secondary N) is 1. The normalized spacial score (nSPS) is 10.3. The Balaban J connectivity index is 2.94. The van der Waals surface area contributed by atoms with Crippen LogP contribution in [-0.2, 0) is 4.79 Å². The molecule has 0 bridgehead atoms. The number of carboxylic acids is 1. The Hall–Kier alpha value is -2.32. The molecule has 0 fully saturated rings. The number of aliphatic carboxylic acids is 1. The maximum absolute atomic E-state index is 13.4. The summed E-state index contributed by atoms with van der Waals surface area (Å²) < 4.78 is 52.7. The van der Waals surface area contributed by atoms with E-state index in [4.69, 9.17) is 5.11 Å². The van der Waals surface area contributed by atoms with Gasteiger partial charge in [0, 0.05) is 19.2 Å². The number of carboxylic acid groups (broad SMARTS) is 1. The summed E-state index contributed by atoms with van der Waals surface area (Å²) in [6, 6.07) is -1.05. The van der Waals surface area contributed by atoms with Crippen LogP contribution in [0.5, 0.6) is 0 Å². The van der Waals surface area contributed by atoms with Gasteiger partial charge in [-0.05, 0) is 6.92 Å². The lowest BCUT2D eigenvalue weighted by Gasteiger charge is -2.21. The predicted octanol–water partition coefficient (Wildman–Crippen LogP) is 2.57. The molecule has 0 aliphatic carbocycles. The number of halogens is 4. The van der Waals surface area contributed by atoms with E-state index in [2.05, 4.69) is 0 Å². The van der Waals surface area contributed by atoms with Crippen LogP contribution in [0.2, 0.25) is 0 Å². The van der Waals surface area contributed by atoms with Crippen molar-refractivity contribution in [1.82, 2.24) is 4.90 Å². The van der Waals surface area contributed by atoms with Crippen LogP contribution in [0.15, 0.2) is 6.07 Å². The zero-order chi connectivity index (χ0) is 16.2. The maximum atomic E-state index is 13.4. The van der Waals surface area contributed by atoms with Crippen LogP contribution < -0.4 is 5.32 Å². The van der Waals surface area contributed by atoms with Crippen molar-refractivity contribution in [2.75, 3.05) is 18.4 Å². The topological polar surface area (TPSA) is 69.6 Å². The van der Waals surface area contributed by atoms with Gasteiger partial charge >= 0.3 is 12.0 Å². The van der Waals surface area contributed by atoms with E-state index < -0.39 is 41.0 Å². The monoisotopic (exact) mass is 308 g/mol. The third-order valence-electron chi connectivity index (χ3n) is 2.61. The van der Waals surface area contributed by atoms with Crippen molar-refractivity contribution in [2.24, 2.45) is 0 Å². The summed E-state index contributed by atoms with van der Waals surface area (Å²) in [5.74, 6) is -7.96. The highest BCUT2D eigenvalue weighted by atomic mass is 19.2. The highest BCUT2D eigenvalue weighted by Gasteiger charge is 2.22. The summed E-state index contributed by atoms with van der Waals surface area (Å²) in [4.78, 5) is 23.1. The Labute approximate surface area is 117 Å². The lowest BCUT2D eigenvalue weighted by Crippen LogP contribution is -2.37. The highest BCUT2D eigenvalue weighted by Crippen LogP contribution is 2.24. The third kappa shape index (κ3) is 4.07. The smallest absolute Gasteiger partial charge is 0.322 e. The zero-order valence-electron chi connectivity index (χ0n) is 10.9. The molecule has 0 spiro atoms. The van der Waals surface area contributed by atoms with E-state index in [9.17, 15) is 27.2 Å². The highest BCUT2D eigenvalue weighted by molar-refractivity contribution is 5.89. The molecule has 0 aliphatic rings. The second kappa shape index (κ2) is 6.91. The minimum Gasteiger partial charge on any atom is -0.481 e. The number of hydrogen-bond donors (Lipinski definition) is 2. The zero-order valence-corrected chi connectivity index (χ0v) is 10.9. The summed E-state index contributed by atoms with van der Waals surface area (Å²) in [5, 5.41) is 10.2. The quantitative estimate of drug-likeness (QED) is 0.649. The van der Waals surface area contributed by atoms with E-state index in [1.54, 1.807) is 5.32 Å². The van der Waals surface area contributed by atoms with Gasteiger partial charge in [-0.1, -0.05) is 0 Å². The summed E-state index contributed by atoms with van der Waals surface area (Å²) in [7, 11) is 0. The molecule has 2 amide bonds. The molecule has 0 atom stereocenters. The van der Waals surface area contributed by atoms with Crippen molar-refractivity contribution in [3.8, 4) is 0 Å². The molecular weight excluding hydrogens is 296 g/mol. The molecule has 0 radical (unpaired) electrons. The number of urea groups is 1. The molecule has 0 saturated carbocycles. The van der Waals surface area contributed by atoms with Gasteiger partial charge in [-0.25, -0.2) is 22.4 Å². The average molecular weight is 308 g/mol. The number of benzene rings is 1. The lowest BCUT2D eigenvalue weighted by atomic mass is 10.2. The molecule has 0 aromatic heterocycles. The summed E-state index contributed by atoms with van der Waals surface area (Å²) in [6.07, 6.45) is -0.385. The molecule has 5 nitrogen and oxygen atoms in total. The van der Waals surface area contributed by atoms with E-state index in [0.29, 0.717) is 0 Å². The van der Waals surface area contributed by atoms with Gasteiger partial charge in [0.2, 0.25) is 0 Å². The van der Waals surface area contributed by atoms with Crippen molar-refractivity contribution < 1.29 is 32.3 Å². The minimum atomic E-state index is -1.74. The van der Waals surface area contributed by atoms with Gasteiger partial charge in [0.05, 0.1) is 6.42 Å². The van der Waals surface area contributed by atoms with Crippen molar-refractivity contribution in [2.45, 2.75) is 13.3 Å². The molecule has 0 saturated heterocycles. The van der Waals surface area contributed by atoms with Crippen LogP contribution >= 0.6 is 0 Å². The second-order valence-corrected chi connectivity index (χ2v) is 4.00. The van der Waals surface area contributed by atoms with Crippen LogP contribution in [0.3, 0.4) is 0 Å². The Morgan fingerprint density at radius 1 is 1.19 bits per heavy atom. The van der Waals surface area contributed by atoms with Crippen LogP contribution in [0.25, 0.3) is 0 Å². The second-order valence-electron chi connectivity index (χ2n) is 4.00. The van der Waals surface area contributed by atoms with Crippen LogP contribution in [0, 0.1) is 23.3 Å². The molecule has 1 rings (SSSR count). The largest absolute Gasteiger partial charge is 0.481 e. The van der Waals surface area contributed by atoms with E-state index in [1.807, 2.05) is 0 Å². The molecule has 0 aliphatic heterocycles. The first kappa shape index (κ1) is 16.7. The summed E-state index contributed by atoms with van der Waals surface area (Å²) >= 11 is 0. The SMILES string of the molecule is CCN(CCC(=O)O)C(=O)Nc1c(F)c(F)cc(F)c1F. The number of anilines is 1. The predicted molar refractivity (Wildman–Crippen MR) is 64.8 cm³/mol. The number of rotatable bonds is 5. The first-order valence-electron chi connectivity index (χ1n) is 5.88. The van der Waals surface area contributed by atoms with E-state index in [-0.39, 0.29) is 25.6 Å². The van der Waals surface area contributed by atoms with Gasteiger partial charge < -0.3 is 15.3 Å². The number of amides is 2. The Kier molecular flexibility index (Phi) is 5.51. The molecule has 21 heavy (non-hydrogen) atoms. The lowest BCUT2D eigenvalue weighted by molar-refractivity contribution is -0.137. The molecular formula is C12H12F4N2O3. The Morgan fingerprint density at radius 2 is 1.71 bits per heavy atom. The fourth-order valence-corrected chi connectivity index (χ4v) is 1.50. The van der Waals surface area contributed by atoms with Gasteiger partial charge in [0.15, 0.2) is 23.3 Å². The molecule has 116 valence electrons. The Bertz CT molecular complexity index is 540. The number of carbonyl (C=O) groups excluding carboxylic acids is 1. The summed E-state index contributed by atoms with van der Waals surface area (Å²) in [6.45, 7) is 1.32. The Morgan fingerprint density at radius 3 is 2.14 bits per heavy atom. The molecule has 0 heterocycles. The number of nitrogens with zero attached hydrogens (tertiary/aromatic N) is 1. The standard InChI is InChI=1S/C12H12F4N2O3/c1-2-18(4-3-8(19)20)12(21)17-11-9(15)6(13)5-7(14)10(11)16/h5H,2-4H2,1H3,(H,17,21)(H,19,20). The first-order chi connectivity index (χ1) is 9.77. The number of carbonyl (C=O) groups is 2. The minimum absolute atomic E-state index is 0.0162. The van der Waals surface area contributed by atoms with Crippen LogP contribution in [0.1, 0.15) is 13.3 Å². The van der Waals surface area contributed by atoms with Crippen molar-refractivity contribution >= 4 is 17.7 Å². The van der Waals surface area contributed by atoms with Crippen LogP contribution in [0.4, 0.5) is 28.0 Å². The van der Waals surface area contributed by atoms with Crippen molar-refractivity contribution in [3.63, 3.8) is 0 Å². The van der Waals surface area contributed by atoms with E-state index >= 15 is 0 Å². The average Bonchev–Trinajstić information content (AvgIpc) is 2.41. The molecule has 0 unspecified atom stereocenters. The van der Waals surface area contributed by atoms with Crippen molar-refractivity contribution in [1.29, 1.82) is 0 Å². The maximum Gasteiger partial charge on any atom is 0.322 e. The molecule has 9 heteroatoms. The molecule has 1 aromatic rings. The van der Waals surface area contributed by atoms with Gasteiger partial charge in [0.1, 0.15) is 5.69 Å². The van der Waals surface area contributed by atoms with E-state index in [1.165, 1.54) is 6.92 Å². The van der Waals surface area contributed by atoms with Gasteiger partial charge in [-0.2, -0.15) is 0 Å². The fraction of sp³-hybridized carbons (Fsp3) is 0.333. The molecule has 2 N–H and O–H groups in total. The van der Waals surface area contributed by atoms with Crippen LogP contribution in [-0.4, -0.2) is 35.1 Å². The third-order valence-corrected chi connectivity index (χ3v) is 2.61. The van der Waals surface area contributed by atoms with Gasteiger partial charge in [-0.3, -0.25) is 4.79 Å². The van der Waals surface area contributed by atoms with Gasteiger partial charge in [0.25, 0.3) is 0 Å². The first-order valence-corrected chi connectivity index (χ1v) is 5.88. The van der Waals surface area contributed by atoms with E-state index in [0.717, 1.165) is 4.90 Å². The summed E-state index contributed by atoms with van der Waals surface area (Å²) in [5.41, 5.74) is -1.26.